The summed E-state index contributed by atoms with van der Waals surface area (Å²) in [7, 11) is 0. The summed E-state index contributed by atoms with van der Waals surface area (Å²) in [6.07, 6.45) is 5.93. The molecule has 0 aromatic heterocycles. The summed E-state index contributed by atoms with van der Waals surface area (Å²) in [5.41, 5.74) is 1.40. The van der Waals surface area contributed by atoms with Gasteiger partial charge in [0, 0.05) is 0 Å². The fourth-order valence-corrected chi connectivity index (χ4v) is 4.58. The number of carbonyl (C=O) groups excluding carboxylic acids is 1. The average Bonchev–Trinajstić information content (AvgIpc) is 2.84. The molecule has 2 nitrogen and oxygen atoms in total. The number of ether oxygens (including phenoxy) is 1. The van der Waals surface area contributed by atoms with Gasteiger partial charge in [0.25, 0.3) is 0 Å². The third kappa shape index (κ3) is 1.16. The van der Waals surface area contributed by atoms with Gasteiger partial charge in [-0.25, -0.2) is 0 Å². The van der Waals surface area contributed by atoms with Crippen LogP contribution in [0.3, 0.4) is 0 Å². The fraction of sp³-hybridized carbons (Fsp3) is 0.562. The smallest absolute Gasteiger partial charge is 0.312 e. The van der Waals surface area contributed by atoms with Gasteiger partial charge in [0.2, 0.25) is 0 Å². The van der Waals surface area contributed by atoms with Gasteiger partial charge in [-0.1, -0.05) is 36.8 Å². The lowest BCUT2D eigenvalue weighted by molar-refractivity contribution is -0.168. The number of rotatable bonds is 3. The van der Waals surface area contributed by atoms with E-state index in [4.69, 9.17) is 4.74 Å². The molecule has 1 aromatic rings. The van der Waals surface area contributed by atoms with Crippen LogP contribution in [0, 0.1) is 16.7 Å². The molecule has 0 N–H and O–H groups in total. The second-order valence-electron chi connectivity index (χ2n) is 6.26. The number of benzene rings is 1. The minimum absolute atomic E-state index is 0.0769. The summed E-state index contributed by atoms with van der Waals surface area (Å²) >= 11 is 0. The maximum Gasteiger partial charge on any atom is 0.312 e. The zero-order chi connectivity index (χ0) is 12.2. The van der Waals surface area contributed by atoms with Gasteiger partial charge in [0.15, 0.2) is 0 Å². The third-order valence-corrected chi connectivity index (χ3v) is 5.61. The van der Waals surface area contributed by atoms with Crippen LogP contribution in [0.2, 0.25) is 0 Å². The van der Waals surface area contributed by atoms with Crippen LogP contribution in [0.4, 0.5) is 0 Å². The van der Waals surface area contributed by atoms with Gasteiger partial charge in [0.05, 0.1) is 5.41 Å². The molecule has 0 saturated heterocycles. The zero-order valence-electron chi connectivity index (χ0n) is 10.5. The standard InChI is InChI=1S/C16H18O2/c17-14(18-11-12-5-2-1-3-6-12)16-8-4-7-15(16)9-13(15)10-16/h1-3,5-6,13H,4,7-11H2. The van der Waals surface area contributed by atoms with Crippen molar-refractivity contribution in [1.82, 2.24) is 0 Å². The molecular weight excluding hydrogens is 224 g/mol. The van der Waals surface area contributed by atoms with Crippen molar-refractivity contribution in [2.45, 2.75) is 38.7 Å². The zero-order valence-corrected chi connectivity index (χ0v) is 10.5. The van der Waals surface area contributed by atoms with Crippen LogP contribution in [0.25, 0.3) is 0 Å². The molecule has 0 amide bonds. The van der Waals surface area contributed by atoms with E-state index in [2.05, 4.69) is 0 Å². The minimum atomic E-state index is -0.0769. The number of hydrogen-bond donors (Lipinski definition) is 0. The monoisotopic (exact) mass is 242 g/mol. The molecular formula is C16H18O2. The van der Waals surface area contributed by atoms with Gasteiger partial charge in [0.1, 0.15) is 6.61 Å². The maximum atomic E-state index is 12.4. The number of hydrogen-bond acceptors (Lipinski definition) is 2. The highest BCUT2D eigenvalue weighted by molar-refractivity contribution is 5.81. The Labute approximate surface area is 107 Å². The Hall–Kier alpha value is -1.31. The van der Waals surface area contributed by atoms with Gasteiger partial charge in [-0.3, -0.25) is 4.79 Å². The van der Waals surface area contributed by atoms with E-state index in [9.17, 15) is 4.79 Å². The molecule has 4 rings (SSSR count). The maximum absolute atomic E-state index is 12.4. The second kappa shape index (κ2) is 3.37. The summed E-state index contributed by atoms with van der Waals surface area (Å²) < 4.78 is 5.59. The molecule has 3 atom stereocenters. The van der Waals surface area contributed by atoms with Gasteiger partial charge in [-0.05, 0) is 42.6 Å². The summed E-state index contributed by atoms with van der Waals surface area (Å²) in [5, 5.41) is 0. The predicted octanol–water partition coefficient (Wildman–Crippen LogP) is 3.31. The second-order valence-corrected chi connectivity index (χ2v) is 6.26. The van der Waals surface area contributed by atoms with Crippen molar-refractivity contribution >= 4 is 5.97 Å². The lowest BCUT2D eigenvalue weighted by Crippen LogP contribution is -2.45. The molecule has 3 aliphatic rings. The van der Waals surface area contributed by atoms with E-state index in [0.717, 1.165) is 24.3 Å². The Kier molecular flexibility index (Phi) is 1.98. The molecule has 0 bridgehead atoms. The highest BCUT2D eigenvalue weighted by Crippen LogP contribution is 2.84. The molecule has 3 fully saturated rings. The highest BCUT2D eigenvalue weighted by Gasteiger charge is 2.80. The molecule has 3 aliphatic carbocycles. The first-order chi connectivity index (χ1) is 8.77. The Morgan fingerprint density at radius 3 is 2.78 bits per heavy atom. The van der Waals surface area contributed by atoms with Crippen molar-refractivity contribution in [3.63, 3.8) is 0 Å². The van der Waals surface area contributed by atoms with Crippen LogP contribution >= 0.6 is 0 Å². The van der Waals surface area contributed by atoms with E-state index in [1.807, 2.05) is 30.3 Å². The summed E-state index contributed by atoms with van der Waals surface area (Å²) in [5.74, 6) is 0.932. The third-order valence-electron chi connectivity index (χ3n) is 5.61. The molecule has 2 heteroatoms. The van der Waals surface area contributed by atoms with Crippen LogP contribution < -0.4 is 0 Å². The average molecular weight is 242 g/mol. The number of esters is 1. The molecule has 18 heavy (non-hydrogen) atoms. The molecule has 0 radical (unpaired) electrons. The summed E-state index contributed by atoms with van der Waals surface area (Å²) in [6, 6.07) is 9.97. The number of carbonyl (C=O) groups is 1. The quantitative estimate of drug-likeness (QED) is 0.760. The first-order valence-electron chi connectivity index (χ1n) is 6.98. The normalized spacial score (nSPS) is 39.4. The summed E-state index contributed by atoms with van der Waals surface area (Å²) in [6.45, 7) is 0.433. The van der Waals surface area contributed by atoms with Crippen LogP contribution in [0.15, 0.2) is 30.3 Å². The molecule has 1 aromatic carbocycles. The Bertz CT molecular complexity index is 491. The van der Waals surface area contributed by atoms with Crippen LogP contribution in [0.1, 0.15) is 37.7 Å². The van der Waals surface area contributed by atoms with Gasteiger partial charge < -0.3 is 4.74 Å². The van der Waals surface area contributed by atoms with Gasteiger partial charge in [-0.2, -0.15) is 0 Å². The molecule has 3 unspecified atom stereocenters. The lowest BCUT2D eigenvalue weighted by Gasteiger charge is -2.42. The Morgan fingerprint density at radius 1 is 1.22 bits per heavy atom. The van der Waals surface area contributed by atoms with Crippen molar-refractivity contribution in [2.24, 2.45) is 16.7 Å². The van der Waals surface area contributed by atoms with Crippen molar-refractivity contribution in [3.05, 3.63) is 35.9 Å². The van der Waals surface area contributed by atoms with E-state index in [1.165, 1.54) is 19.3 Å². The fourth-order valence-electron chi connectivity index (χ4n) is 4.58. The summed E-state index contributed by atoms with van der Waals surface area (Å²) in [4.78, 5) is 12.4. The lowest BCUT2D eigenvalue weighted by atomic mass is 9.61. The van der Waals surface area contributed by atoms with Crippen molar-refractivity contribution in [2.75, 3.05) is 0 Å². The van der Waals surface area contributed by atoms with Crippen LogP contribution in [-0.2, 0) is 16.1 Å². The van der Waals surface area contributed by atoms with Crippen molar-refractivity contribution < 1.29 is 9.53 Å². The van der Waals surface area contributed by atoms with Gasteiger partial charge in [-0.15, -0.1) is 0 Å². The van der Waals surface area contributed by atoms with E-state index in [0.29, 0.717) is 12.0 Å². The van der Waals surface area contributed by atoms with Crippen molar-refractivity contribution in [1.29, 1.82) is 0 Å². The SMILES string of the molecule is O=C(OCc1ccccc1)C12CCCC13CC3C2. The molecule has 0 aliphatic heterocycles. The Morgan fingerprint density at radius 2 is 2.06 bits per heavy atom. The van der Waals surface area contributed by atoms with Crippen LogP contribution in [0.5, 0.6) is 0 Å². The van der Waals surface area contributed by atoms with E-state index >= 15 is 0 Å². The van der Waals surface area contributed by atoms with E-state index in [1.54, 1.807) is 0 Å². The topological polar surface area (TPSA) is 26.3 Å². The van der Waals surface area contributed by atoms with Crippen molar-refractivity contribution in [3.8, 4) is 0 Å². The predicted molar refractivity (Wildman–Crippen MR) is 67.7 cm³/mol. The molecule has 94 valence electrons. The molecule has 1 spiro atoms. The first kappa shape index (κ1) is 10.6. The highest BCUT2D eigenvalue weighted by atomic mass is 16.5. The van der Waals surface area contributed by atoms with Crippen LogP contribution in [-0.4, -0.2) is 5.97 Å². The molecule has 3 saturated carbocycles. The van der Waals surface area contributed by atoms with E-state index in [-0.39, 0.29) is 11.4 Å². The minimum Gasteiger partial charge on any atom is -0.460 e. The molecule has 0 heterocycles. The van der Waals surface area contributed by atoms with E-state index < -0.39 is 0 Å². The first-order valence-corrected chi connectivity index (χ1v) is 6.98. The Balaban J connectivity index is 1.46. The largest absolute Gasteiger partial charge is 0.460 e. The van der Waals surface area contributed by atoms with Gasteiger partial charge >= 0.3 is 5.97 Å².